The van der Waals surface area contributed by atoms with Crippen LogP contribution in [0.2, 0.25) is 0 Å². The second kappa shape index (κ2) is 9.25. The van der Waals surface area contributed by atoms with Crippen LogP contribution in [0.25, 0.3) is 0 Å². The third-order valence-corrected chi connectivity index (χ3v) is 15.2. The Morgan fingerprint density at radius 3 is 1.10 bits per heavy atom. The molecule has 144 valence electrons. The molecule has 0 saturated heterocycles. The smallest absolute Gasteiger partial charge is 0.0898 e. The van der Waals surface area contributed by atoms with Crippen LogP contribution in [0.5, 0.6) is 0 Å². The molecule has 0 aliphatic rings. The Balaban J connectivity index is 2.00. The number of rotatable bonds is 6. The van der Waals surface area contributed by atoms with E-state index in [2.05, 4.69) is 153 Å². The van der Waals surface area contributed by atoms with Gasteiger partial charge in [-0.05, 0) is 21.1 Å². The predicted molar refractivity (Wildman–Crippen MR) is 135 cm³/mol. The van der Waals surface area contributed by atoms with E-state index in [-0.39, 0.29) is 9.28 Å². The first-order chi connectivity index (χ1) is 14.2. The van der Waals surface area contributed by atoms with Crippen molar-refractivity contribution >= 4 is 55.5 Å². The van der Waals surface area contributed by atoms with E-state index in [4.69, 9.17) is 0 Å². The zero-order valence-electron chi connectivity index (χ0n) is 16.0. The van der Waals surface area contributed by atoms with Crippen LogP contribution in [-0.4, -0.2) is 12.5 Å². The van der Waals surface area contributed by atoms with E-state index in [1.165, 1.54) is 21.1 Å². The Morgan fingerprint density at radius 1 is 0.448 bits per heavy atom. The molecule has 29 heavy (non-hydrogen) atoms. The minimum atomic E-state index is -2.40. The number of hydrogen-bond acceptors (Lipinski definition) is 0. The maximum absolute atomic E-state index is 4.23. The highest BCUT2D eigenvalue weighted by atomic mass is 79.9. The van der Waals surface area contributed by atoms with Gasteiger partial charge in [0.25, 0.3) is 0 Å². The van der Waals surface area contributed by atoms with Crippen molar-refractivity contribution in [3.05, 3.63) is 127 Å². The summed E-state index contributed by atoms with van der Waals surface area (Å²) in [6, 6.07) is 43.8. The number of hydrogen-bond donors (Lipinski definition) is 0. The lowest BCUT2D eigenvalue weighted by Crippen LogP contribution is -2.73. The molecule has 4 aromatic carbocycles. The Morgan fingerprint density at radius 2 is 0.759 bits per heavy atom. The van der Waals surface area contributed by atoms with Crippen molar-refractivity contribution in [3.63, 3.8) is 0 Å². The number of benzene rings is 4. The van der Waals surface area contributed by atoms with E-state index in [9.17, 15) is 0 Å². The lowest BCUT2D eigenvalue weighted by molar-refractivity contribution is 1.07. The monoisotopic (exact) mass is 520 g/mol. The first kappa shape index (κ1) is 20.3. The highest BCUT2D eigenvalue weighted by Crippen LogP contribution is 2.36. The summed E-state index contributed by atoms with van der Waals surface area (Å²) in [4.78, 5) is 0.177. The SMILES string of the molecule is Br[C@H](c1ccccc1)[C@H](Br)[Si](c1ccccc1)(c1ccccc1)c1ccccc1. The van der Waals surface area contributed by atoms with Gasteiger partial charge >= 0.3 is 0 Å². The summed E-state index contributed by atoms with van der Waals surface area (Å²) in [6.07, 6.45) is 0. The van der Waals surface area contributed by atoms with Crippen LogP contribution in [-0.2, 0) is 0 Å². The number of alkyl halides is 2. The maximum atomic E-state index is 4.23. The second-order valence-electron chi connectivity index (χ2n) is 7.12. The van der Waals surface area contributed by atoms with E-state index in [1.807, 2.05) is 0 Å². The molecule has 0 unspecified atom stereocenters. The fourth-order valence-corrected chi connectivity index (χ4v) is 13.0. The molecule has 0 aromatic heterocycles. The molecule has 0 fully saturated rings. The Hall–Kier alpha value is -1.94. The summed E-state index contributed by atoms with van der Waals surface area (Å²) in [5, 5.41) is 4.21. The van der Waals surface area contributed by atoms with Gasteiger partial charge in [-0.25, -0.2) is 0 Å². The largest absolute Gasteiger partial charge is 0.163 e. The molecule has 3 heteroatoms. The van der Waals surface area contributed by atoms with Crippen LogP contribution < -0.4 is 15.6 Å². The molecule has 0 spiro atoms. The molecule has 0 aliphatic carbocycles. The van der Waals surface area contributed by atoms with Gasteiger partial charge in [-0.15, -0.1) is 0 Å². The van der Waals surface area contributed by atoms with Gasteiger partial charge in [-0.3, -0.25) is 0 Å². The van der Waals surface area contributed by atoms with Gasteiger partial charge in [0.15, 0.2) is 8.07 Å². The summed E-state index contributed by atoms with van der Waals surface area (Å²) in [5.74, 6) is 0. The minimum absolute atomic E-state index is 0.177. The van der Waals surface area contributed by atoms with Crippen molar-refractivity contribution in [2.75, 3.05) is 0 Å². The second-order valence-corrected chi connectivity index (χ2v) is 13.9. The maximum Gasteiger partial charge on any atom is 0.163 e. The molecule has 0 nitrogen and oxygen atoms in total. The van der Waals surface area contributed by atoms with Gasteiger partial charge in [0.2, 0.25) is 0 Å². The molecule has 0 amide bonds. The van der Waals surface area contributed by atoms with Crippen LogP contribution in [0.4, 0.5) is 0 Å². The van der Waals surface area contributed by atoms with Crippen LogP contribution in [0, 0.1) is 0 Å². The van der Waals surface area contributed by atoms with Crippen molar-refractivity contribution in [2.24, 2.45) is 0 Å². The molecule has 4 aromatic rings. The molecule has 0 bridgehead atoms. The Labute approximate surface area is 190 Å². The van der Waals surface area contributed by atoms with Gasteiger partial charge in [0, 0.05) is 4.45 Å². The van der Waals surface area contributed by atoms with E-state index in [0.717, 1.165) is 0 Å². The standard InChI is InChI=1S/C26H22Br2Si/c27-25(21-13-5-1-6-14-21)26(28)29(22-15-7-2-8-16-22,23-17-9-3-10-18-23)24-19-11-4-12-20-24/h1-20,25-26H/t25-,26-/m1/s1. The molecule has 0 aliphatic heterocycles. The highest BCUT2D eigenvalue weighted by Gasteiger charge is 2.48. The Bertz CT molecular complexity index is 925. The summed E-state index contributed by atoms with van der Waals surface area (Å²) in [5.41, 5.74) is 1.29. The van der Waals surface area contributed by atoms with E-state index in [0.29, 0.717) is 0 Å². The normalized spacial score (nSPS) is 13.6. The molecule has 2 atom stereocenters. The molecule has 0 N–H and O–H groups in total. The quantitative estimate of drug-likeness (QED) is 0.176. The third-order valence-electron chi connectivity index (χ3n) is 5.48. The molecule has 0 saturated carbocycles. The van der Waals surface area contributed by atoms with E-state index in [1.54, 1.807) is 0 Å². The zero-order valence-corrected chi connectivity index (χ0v) is 20.1. The van der Waals surface area contributed by atoms with Gasteiger partial charge in [0.05, 0.1) is 4.83 Å². The molecule has 0 heterocycles. The lowest BCUT2D eigenvalue weighted by Gasteiger charge is -2.40. The van der Waals surface area contributed by atoms with Gasteiger partial charge < -0.3 is 0 Å². The van der Waals surface area contributed by atoms with Crippen LogP contribution in [0.3, 0.4) is 0 Å². The van der Waals surface area contributed by atoms with Crippen molar-refractivity contribution < 1.29 is 0 Å². The fourth-order valence-electron chi connectivity index (χ4n) is 4.11. The van der Waals surface area contributed by atoms with Gasteiger partial charge in [-0.2, -0.15) is 0 Å². The summed E-state index contributed by atoms with van der Waals surface area (Å²) in [7, 11) is -2.40. The van der Waals surface area contributed by atoms with Crippen LogP contribution in [0.15, 0.2) is 121 Å². The molecule has 4 rings (SSSR count). The topological polar surface area (TPSA) is 0 Å². The van der Waals surface area contributed by atoms with E-state index >= 15 is 0 Å². The highest BCUT2D eigenvalue weighted by molar-refractivity contribution is 9.12. The predicted octanol–water partition coefficient (Wildman–Crippen LogP) is 5.60. The van der Waals surface area contributed by atoms with Gasteiger partial charge in [-0.1, -0.05) is 153 Å². The van der Waals surface area contributed by atoms with E-state index < -0.39 is 8.07 Å². The number of halogens is 2. The molecular formula is C26H22Br2Si. The third kappa shape index (κ3) is 3.92. The van der Waals surface area contributed by atoms with Crippen LogP contribution >= 0.6 is 31.9 Å². The first-order valence-electron chi connectivity index (χ1n) is 9.74. The molecule has 0 radical (unpaired) electrons. The molecular weight excluding hydrogens is 500 g/mol. The Kier molecular flexibility index (Phi) is 6.49. The average Bonchev–Trinajstić information content (AvgIpc) is 2.82. The van der Waals surface area contributed by atoms with Crippen molar-refractivity contribution in [3.8, 4) is 0 Å². The van der Waals surface area contributed by atoms with Crippen molar-refractivity contribution in [1.82, 2.24) is 0 Å². The summed E-state index contributed by atoms with van der Waals surface area (Å²) >= 11 is 8.30. The van der Waals surface area contributed by atoms with Crippen molar-refractivity contribution in [2.45, 2.75) is 9.28 Å². The fraction of sp³-hybridized carbons (Fsp3) is 0.0769. The lowest BCUT2D eigenvalue weighted by atomic mass is 10.2. The summed E-state index contributed by atoms with van der Waals surface area (Å²) in [6.45, 7) is 0. The minimum Gasteiger partial charge on any atom is -0.0898 e. The zero-order chi connectivity index (χ0) is 20.1. The van der Waals surface area contributed by atoms with Crippen LogP contribution in [0.1, 0.15) is 10.4 Å². The van der Waals surface area contributed by atoms with Gasteiger partial charge in [0.1, 0.15) is 0 Å². The summed E-state index contributed by atoms with van der Waals surface area (Å²) < 4.78 is 0.213. The first-order valence-corrected chi connectivity index (χ1v) is 13.6. The average molecular weight is 522 g/mol. The van der Waals surface area contributed by atoms with Crippen molar-refractivity contribution in [1.29, 1.82) is 0 Å².